The van der Waals surface area contributed by atoms with Crippen LogP contribution < -0.4 is 5.32 Å². The molecule has 1 fully saturated rings. The van der Waals surface area contributed by atoms with Gasteiger partial charge >= 0.3 is 5.97 Å². The molecule has 1 amide bonds. The fraction of sp³-hybridized carbons (Fsp3) is 0.833. The highest BCUT2D eigenvalue weighted by atomic mass is 16.5. The Kier molecular flexibility index (Phi) is 4.33. The number of carbonyl (C=O) groups excluding carboxylic acids is 2. The van der Waals surface area contributed by atoms with Crippen LogP contribution in [-0.4, -0.2) is 25.5 Å². The van der Waals surface area contributed by atoms with Gasteiger partial charge in [-0.25, -0.2) is 0 Å². The summed E-state index contributed by atoms with van der Waals surface area (Å²) < 4.78 is 4.60. The molecule has 0 spiro atoms. The van der Waals surface area contributed by atoms with E-state index < -0.39 is 11.4 Å². The molecule has 0 bridgehead atoms. The van der Waals surface area contributed by atoms with Gasteiger partial charge in [0.15, 0.2) is 0 Å². The molecule has 0 aromatic rings. The molecule has 0 unspecified atom stereocenters. The van der Waals surface area contributed by atoms with Gasteiger partial charge in [-0.1, -0.05) is 19.3 Å². The number of ether oxygens (including phenoxy) is 1. The molecule has 0 aliphatic heterocycles. The summed E-state index contributed by atoms with van der Waals surface area (Å²) in [4.78, 5) is 23.1. The van der Waals surface area contributed by atoms with Crippen LogP contribution in [0.5, 0.6) is 0 Å². The fourth-order valence-corrected chi connectivity index (χ4v) is 1.74. The second-order valence-corrected chi connectivity index (χ2v) is 4.96. The van der Waals surface area contributed by atoms with Crippen molar-refractivity contribution >= 4 is 11.9 Å². The Morgan fingerprint density at radius 3 is 2.44 bits per heavy atom. The summed E-state index contributed by atoms with van der Waals surface area (Å²) in [6.45, 7) is 3.82. The van der Waals surface area contributed by atoms with Gasteiger partial charge < -0.3 is 10.1 Å². The largest absolute Gasteiger partial charge is 0.468 e. The van der Waals surface area contributed by atoms with Gasteiger partial charge in [-0.2, -0.15) is 0 Å². The number of amides is 1. The molecule has 1 rings (SSSR count). The van der Waals surface area contributed by atoms with Crippen molar-refractivity contribution < 1.29 is 14.3 Å². The first-order chi connectivity index (χ1) is 7.48. The maximum atomic E-state index is 11.7. The Labute approximate surface area is 96.7 Å². The third-order valence-electron chi connectivity index (χ3n) is 3.33. The van der Waals surface area contributed by atoms with E-state index in [4.69, 9.17) is 0 Å². The van der Waals surface area contributed by atoms with E-state index in [1.54, 1.807) is 13.8 Å². The Hall–Kier alpha value is -1.06. The Bertz CT molecular complexity index is 269. The molecule has 1 aliphatic rings. The quantitative estimate of drug-likeness (QED) is 0.572. The summed E-state index contributed by atoms with van der Waals surface area (Å²) >= 11 is 0. The summed E-state index contributed by atoms with van der Waals surface area (Å²) in [7, 11) is 1.30. The predicted octanol–water partition coefficient (Wildman–Crippen LogP) is 1.49. The maximum Gasteiger partial charge on any atom is 0.320 e. The molecule has 16 heavy (non-hydrogen) atoms. The second-order valence-electron chi connectivity index (χ2n) is 4.96. The lowest BCUT2D eigenvalue weighted by Gasteiger charge is -2.26. The van der Waals surface area contributed by atoms with Crippen molar-refractivity contribution in [3.63, 3.8) is 0 Å². The first-order valence-corrected chi connectivity index (χ1v) is 5.85. The van der Waals surface area contributed by atoms with E-state index >= 15 is 0 Å². The third-order valence-corrected chi connectivity index (χ3v) is 3.33. The molecule has 1 saturated carbocycles. The highest BCUT2D eigenvalue weighted by Crippen LogP contribution is 2.28. The number of hydrogen-bond acceptors (Lipinski definition) is 3. The van der Waals surface area contributed by atoms with Crippen molar-refractivity contribution in [2.45, 2.75) is 39.5 Å². The van der Waals surface area contributed by atoms with Crippen LogP contribution >= 0.6 is 0 Å². The molecule has 92 valence electrons. The monoisotopic (exact) mass is 227 g/mol. The van der Waals surface area contributed by atoms with E-state index in [1.807, 2.05) is 0 Å². The lowest BCUT2D eigenvalue weighted by Crippen LogP contribution is -2.43. The van der Waals surface area contributed by atoms with Gasteiger partial charge in [-0.15, -0.1) is 0 Å². The first-order valence-electron chi connectivity index (χ1n) is 5.85. The topological polar surface area (TPSA) is 55.4 Å². The molecular formula is C12H21NO3. The van der Waals surface area contributed by atoms with E-state index in [0.29, 0.717) is 6.54 Å². The maximum absolute atomic E-state index is 11.7. The van der Waals surface area contributed by atoms with Crippen LogP contribution in [-0.2, 0) is 14.3 Å². The second kappa shape index (κ2) is 5.32. The van der Waals surface area contributed by atoms with Crippen LogP contribution in [0.15, 0.2) is 0 Å². The number of rotatable bonds is 5. The third kappa shape index (κ3) is 2.97. The standard InChI is InChI=1S/C12H21NO3/c1-12(2,11(15)16-3)10(14)13-8-7-9-5-4-6-9/h9H,4-8H2,1-3H3,(H,13,14). The number of esters is 1. The summed E-state index contributed by atoms with van der Waals surface area (Å²) in [5.74, 6) is 0.0221. The van der Waals surface area contributed by atoms with E-state index in [0.717, 1.165) is 12.3 Å². The molecule has 0 radical (unpaired) electrons. The van der Waals surface area contributed by atoms with Gasteiger partial charge in [0.05, 0.1) is 7.11 Å². The number of nitrogens with one attached hydrogen (secondary N) is 1. The Morgan fingerprint density at radius 1 is 1.38 bits per heavy atom. The van der Waals surface area contributed by atoms with Crippen molar-refractivity contribution in [3.8, 4) is 0 Å². The fourth-order valence-electron chi connectivity index (χ4n) is 1.74. The van der Waals surface area contributed by atoms with Crippen LogP contribution in [0.2, 0.25) is 0 Å². The first kappa shape index (κ1) is 13.0. The highest BCUT2D eigenvalue weighted by Gasteiger charge is 2.37. The van der Waals surface area contributed by atoms with Crippen molar-refractivity contribution in [1.29, 1.82) is 0 Å². The van der Waals surface area contributed by atoms with Crippen LogP contribution in [0.3, 0.4) is 0 Å². The molecule has 0 aromatic heterocycles. The molecule has 1 aliphatic carbocycles. The molecule has 0 atom stereocenters. The zero-order chi connectivity index (χ0) is 12.2. The summed E-state index contributed by atoms with van der Waals surface area (Å²) in [6.07, 6.45) is 4.88. The van der Waals surface area contributed by atoms with Crippen LogP contribution in [0.25, 0.3) is 0 Å². The minimum absolute atomic E-state index is 0.251. The van der Waals surface area contributed by atoms with Crippen molar-refractivity contribution in [3.05, 3.63) is 0 Å². The number of methoxy groups -OCH3 is 1. The molecule has 0 heterocycles. The average molecular weight is 227 g/mol. The molecule has 0 aromatic carbocycles. The lowest BCUT2D eigenvalue weighted by molar-refractivity contribution is -0.156. The minimum Gasteiger partial charge on any atom is -0.468 e. The van der Waals surface area contributed by atoms with Gasteiger partial charge in [0, 0.05) is 6.54 Å². The van der Waals surface area contributed by atoms with Crippen LogP contribution in [0, 0.1) is 11.3 Å². The molecule has 1 N–H and O–H groups in total. The van der Waals surface area contributed by atoms with E-state index in [9.17, 15) is 9.59 Å². The van der Waals surface area contributed by atoms with E-state index in [2.05, 4.69) is 10.1 Å². The number of hydrogen-bond donors (Lipinski definition) is 1. The molecular weight excluding hydrogens is 206 g/mol. The SMILES string of the molecule is COC(=O)C(C)(C)C(=O)NCCC1CCC1. The van der Waals surface area contributed by atoms with Gasteiger partial charge in [-0.3, -0.25) is 9.59 Å². The Morgan fingerprint density at radius 2 is 2.00 bits per heavy atom. The van der Waals surface area contributed by atoms with Gasteiger partial charge in [-0.05, 0) is 26.2 Å². The van der Waals surface area contributed by atoms with Gasteiger partial charge in [0.2, 0.25) is 5.91 Å². The normalized spacial score (nSPS) is 16.4. The van der Waals surface area contributed by atoms with E-state index in [-0.39, 0.29) is 5.91 Å². The molecule has 0 saturated heterocycles. The zero-order valence-corrected chi connectivity index (χ0v) is 10.3. The Balaban J connectivity index is 2.29. The molecule has 4 nitrogen and oxygen atoms in total. The molecule has 4 heteroatoms. The van der Waals surface area contributed by atoms with Crippen molar-refractivity contribution in [2.75, 3.05) is 13.7 Å². The zero-order valence-electron chi connectivity index (χ0n) is 10.3. The predicted molar refractivity (Wildman–Crippen MR) is 60.8 cm³/mol. The minimum atomic E-state index is -1.09. The lowest BCUT2D eigenvalue weighted by atomic mass is 9.83. The van der Waals surface area contributed by atoms with Gasteiger partial charge in [0.25, 0.3) is 0 Å². The summed E-state index contributed by atoms with van der Waals surface area (Å²) in [5.41, 5.74) is -1.09. The van der Waals surface area contributed by atoms with Crippen LogP contribution in [0.1, 0.15) is 39.5 Å². The highest BCUT2D eigenvalue weighted by molar-refractivity contribution is 6.01. The smallest absolute Gasteiger partial charge is 0.320 e. The van der Waals surface area contributed by atoms with E-state index in [1.165, 1.54) is 26.4 Å². The summed E-state index contributed by atoms with van der Waals surface area (Å²) in [6, 6.07) is 0. The average Bonchev–Trinajstić information content (AvgIpc) is 2.19. The van der Waals surface area contributed by atoms with Crippen molar-refractivity contribution in [2.24, 2.45) is 11.3 Å². The van der Waals surface area contributed by atoms with Gasteiger partial charge in [0.1, 0.15) is 5.41 Å². The van der Waals surface area contributed by atoms with Crippen LogP contribution in [0.4, 0.5) is 0 Å². The van der Waals surface area contributed by atoms with Crippen molar-refractivity contribution in [1.82, 2.24) is 5.32 Å². The summed E-state index contributed by atoms with van der Waals surface area (Å²) in [5, 5.41) is 2.80. The number of carbonyl (C=O) groups is 2.